The average molecular weight is 415 g/mol. The van der Waals surface area contributed by atoms with Gasteiger partial charge in [0.25, 0.3) is 0 Å². The molecule has 0 saturated carbocycles. The number of hydrogen-bond acceptors (Lipinski definition) is 3. The minimum Gasteiger partial charge on any atom is -0.494 e. The fourth-order valence-electron chi connectivity index (χ4n) is 3.85. The molecule has 1 aliphatic rings. The lowest BCUT2D eigenvalue weighted by Crippen LogP contribution is -2.38. The van der Waals surface area contributed by atoms with Crippen molar-refractivity contribution in [1.82, 2.24) is 5.32 Å². The highest BCUT2D eigenvalue weighted by Crippen LogP contribution is 2.24. The average Bonchev–Trinajstić information content (AvgIpc) is 3.15. The van der Waals surface area contributed by atoms with Crippen LogP contribution in [-0.2, 0) is 16.0 Å². The zero-order valence-corrected chi connectivity index (χ0v) is 17.6. The van der Waals surface area contributed by atoms with Gasteiger partial charge in [0, 0.05) is 18.7 Å². The summed E-state index contributed by atoms with van der Waals surface area (Å²) in [4.78, 5) is 26.7. The Balaban J connectivity index is 1.32. The summed E-state index contributed by atoms with van der Waals surface area (Å²) in [6, 6.07) is 25.5. The van der Waals surface area contributed by atoms with Gasteiger partial charge in [-0.25, -0.2) is 0 Å². The molecular weight excluding hydrogens is 388 g/mol. The van der Waals surface area contributed by atoms with Crippen molar-refractivity contribution < 1.29 is 14.3 Å². The van der Waals surface area contributed by atoms with Crippen molar-refractivity contribution in [3.63, 3.8) is 0 Å². The summed E-state index contributed by atoms with van der Waals surface area (Å²) < 4.78 is 5.45. The third-order valence-electron chi connectivity index (χ3n) is 5.38. The molecule has 5 nitrogen and oxygen atoms in total. The number of rotatable bonds is 7. The summed E-state index contributed by atoms with van der Waals surface area (Å²) in [5.74, 6) is 0.724. The summed E-state index contributed by atoms with van der Waals surface area (Å²) >= 11 is 0. The summed E-state index contributed by atoms with van der Waals surface area (Å²) in [6.45, 7) is 3.01. The quantitative estimate of drug-likeness (QED) is 0.630. The van der Waals surface area contributed by atoms with Gasteiger partial charge in [0.1, 0.15) is 5.75 Å². The fourth-order valence-corrected chi connectivity index (χ4v) is 3.85. The van der Waals surface area contributed by atoms with E-state index >= 15 is 0 Å². The molecule has 158 valence electrons. The van der Waals surface area contributed by atoms with Crippen LogP contribution in [0.4, 0.5) is 5.69 Å². The lowest BCUT2D eigenvalue weighted by Gasteiger charge is -2.18. The first-order chi connectivity index (χ1) is 15.1. The normalized spacial score (nSPS) is 15.7. The van der Waals surface area contributed by atoms with E-state index in [0.717, 1.165) is 28.1 Å². The predicted molar refractivity (Wildman–Crippen MR) is 122 cm³/mol. The van der Waals surface area contributed by atoms with Gasteiger partial charge in [-0.1, -0.05) is 54.6 Å². The predicted octanol–water partition coefficient (Wildman–Crippen LogP) is 4.22. The number of carbonyl (C=O) groups excluding carboxylic acids is 2. The van der Waals surface area contributed by atoms with Crippen molar-refractivity contribution >= 4 is 17.5 Å². The zero-order valence-electron chi connectivity index (χ0n) is 17.6. The third kappa shape index (κ3) is 5.12. The molecule has 2 amide bonds. The second-order valence-electron chi connectivity index (χ2n) is 7.64. The van der Waals surface area contributed by atoms with E-state index in [1.807, 2.05) is 73.7 Å². The highest BCUT2D eigenvalue weighted by molar-refractivity contribution is 5.97. The lowest BCUT2D eigenvalue weighted by molar-refractivity contribution is -0.121. The van der Waals surface area contributed by atoms with Gasteiger partial charge in [0.2, 0.25) is 11.8 Å². The molecule has 1 fully saturated rings. The Morgan fingerprint density at radius 1 is 0.968 bits per heavy atom. The number of hydrogen-bond donors (Lipinski definition) is 1. The van der Waals surface area contributed by atoms with Gasteiger partial charge < -0.3 is 15.0 Å². The number of ether oxygens (including phenoxy) is 1. The molecule has 0 spiro atoms. The molecule has 1 atom stereocenters. The van der Waals surface area contributed by atoms with E-state index < -0.39 is 0 Å². The van der Waals surface area contributed by atoms with Crippen molar-refractivity contribution in [1.29, 1.82) is 0 Å². The Morgan fingerprint density at radius 2 is 1.65 bits per heavy atom. The number of amides is 2. The molecule has 4 rings (SSSR count). The molecule has 1 N–H and O–H groups in total. The van der Waals surface area contributed by atoms with Gasteiger partial charge in [0.15, 0.2) is 0 Å². The number of nitrogens with zero attached hydrogens (tertiary/aromatic N) is 1. The van der Waals surface area contributed by atoms with Crippen LogP contribution < -0.4 is 15.0 Å². The van der Waals surface area contributed by atoms with Crippen LogP contribution in [0, 0.1) is 0 Å². The van der Waals surface area contributed by atoms with Crippen LogP contribution in [0.25, 0.3) is 11.1 Å². The molecule has 1 heterocycles. The van der Waals surface area contributed by atoms with E-state index in [1.54, 1.807) is 4.90 Å². The molecule has 0 radical (unpaired) electrons. The standard InChI is InChI=1S/C26H26N2O3/c1-2-31-24-14-12-23(13-15-24)28-18-22(17-26(28)30)27-25(29)16-19-8-10-21(11-9-19)20-6-4-3-5-7-20/h3-15,22H,2,16-18H2,1H3,(H,27,29)/t22-/m0/s1. The van der Waals surface area contributed by atoms with Gasteiger partial charge in [-0.3, -0.25) is 9.59 Å². The second kappa shape index (κ2) is 9.47. The molecule has 1 aliphatic heterocycles. The Morgan fingerprint density at radius 3 is 2.32 bits per heavy atom. The summed E-state index contributed by atoms with van der Waals surface area (Å²) in [7, 11) is 0. The summed E-state index contributed by atoms with van der Waals surface area (Å²) in [5.41, 5.74) is 4.04. The zero-order chi connectivity index (χ0) is 21.6. The molecule has 3 aromatic carbocycles. The van der Waals surface area contributed by atoms with Crippen LogP contribution in [0.5, 0.6) is 5.75 Å². The van der Waals surface area contributed by atoms with Crippen molar-refractivity contribution in [3.8, 4) is 16.9 Å². The highest BCUT2D eigenvalue weighted by atomic mass is 16.5. The van der Waals surface area contributed by atoms with E-state index in [9.17, 15) is 9.59 Å². The lowest BCUT2D eigenvalue weighted by atomic mass is 10.0. The number of benzene rings is 3. The molecule has 0 aromatic heterocycles. The van der Waals surface area contributed by atoms with E-state index in [4.69, 9.17) is 4.74 Å². The second-order valence-corrected chi connectivity index (χ2v) is 7.64. The van der Waals surface area contributed by atoms with E-state index in [2.05, 4.69) is 17.4 Å². The summed E-state index contributed by atoms with van der Waals surface area (Å²) in [6.07, 6.45) is 0.606. The maximum absolute atomic E-state index is 12.5. The molecule has 1 saturated heterocycles. The van der Waals surface area contributed by atoms with Crippen molar-refractivity contribution in [2.75, 3.05) is 18.1 Å². The SMILES string of the molecule is CCOc1ccc(N2C[C@@H](NC(=O)Cc3ccc(-c4ccccc4)cc3)CC2=O)cc1. The molecule has 0 bridgehead atoms. The van der Waals surface area contributed by atoms with Crippen molar-refractivity contribution in [2.45, 2.75) is 25.8 Å². The Bertz CT molecular complexity index is 1030. The first-order valence-electron chi connectivity index (χ1n) is 10.6. The first kappa shape index (κ1) is 20.7. The Kier molecular flexibility index (Phi) is 6.32. The maximum atomic E-state index is 12.5. The first-order valence-corrected chi connectivity index (χ1v) is 10.6. The topological polar surface area (TPSA) is 58.6 Å². The molecule has 5 heteroatoms. The molecule has 0 aliphatic carbocycles. The monoisotopic (exact) mass is 414 g/mol. The van der Waals surface area contributed by atoms with E-state index in [-0.39, 0.29) is 17.9 Å². The van der Waals surface area contributed by atoms with Crippen molar-refractivity contribution in [3.05, 3.63) is 84.4 Å². The van der Waals surface area contributed by atoms with Crippen LogP contribution in [0.1, 0.15) is 18.9 Å². The molecular formula is C26H26N2O3. The van der Waals surface area contributed by atoms with Crippen LogP contribution >= 0.6 is 0 Å². The third-order valence-corrected chi connectivity index (χ3v) is 5.38. The van der Waals surface area contributed by atoms with Gasteiger partial charge >= 0.3 is 0 Å². The molecule has 3 aromatic rings. The largest absolute Gasteiger partial charge is 0.494 e. The Labute approximate surface area is 182 Å². The van der Waals surface area contributed by atoms with Gasteiger partial charge in [-0.05, 0) is 47.9 Å². The van der Waals surface area contributed by atoms with Crippen molar-refractivity contribution in [2.24, 2.45) is 0 Å². The highest BCUT2D eigenvalue weighted by Gasteiger charge is 2.31. The van der Waals surface area contributed by atoms with Crippen LogP contribution in [0.3, 0.4) is 0 Å². The number of anilines is 1. The Hall–Kier alpha value is -3.60. The molecule has 0 unspecified atom stereocenters. The maximum Gasteiger partial charge on any atom is 0.229 e. The van der Waals surface area contributed by atoms with Crippen LogP contribution in [0.2, 0.25) is 0 Å². The number of carbonyl (C=O) groups is 2. The van der Waals surface area contributed by atoms with Gasteiger partial charge in [0.05, 0.1) is 19.1 Å². The van der Waals surface area contributed by atoms with Gasteiger partial charge in [-0.15, -0.1) is 0 Å². The number of nitrogens with one attached hydrogen (secondary N) is 1. The van der Waals surface area contributed by atoms with E-state index in [1.165, 1.54) is 0 Å². The van der Waals surface area contributed by atoms with Crippen LogP contribution in [-0.4, -0.2) is 31.0 Å². The molecule has 31 heavy (non-hydrogen) atoms. The summed E-state index contributed by atoms with van der Waals surface area (Å²) in [5, 5.41) is 3.01. The minimum atomic E-state index is -0.185. The minimum absolute atomic E-state index is 0.0154. The smallest absolute Gasteiger partial charge is 0.229 e. The van der Waals surface area contributed by atoms with Gasteiger partial charge in [-0.2, -0.15) is 0 Å². The fraction of sp³-hybridized carbons (Fsp3) is 0.231. The van der Waals surface area contributed by atoms with E-state index in [0.29, 0.717) is 26.0 Å². The van der Waals surface area contributed by atoms with Crippen LogP contribution in [0.15, 0.2) is 78.9 Å².